The van der Waals surface area contributed by atoms with Crippen molar-refractivity contribution in [2.24, 2.45) is 0 Å². The number of methoxy groups -OCH3 is 1. The van der Waals surface area contributed by atoms with E-state index in [1.807, 2.05) is 48.5 Å². The van der Waals surface area contributed by atoms with Crippen LogP contribution in [0, 0.1) is 0 Å². The van der Waals surface area contributed by atoms with Gasteiger partial charge in [-0.2, -0.15) is 0 Å². The second-order valence-corrected chi connectivity index (χ2v) is 5.61. The maximum Gasteiger partial charge on any atom is 0.258 e. The Morgan fingerprint density at radius 1 is 0.955 bits per heavy atom. The molecule has 0 atom stereocenters. The van der Waals surface area contributed by atoms with Crippen molar-refractivity contribution in [3.8, 4) is 27.2 Å². The van der Waals surface area contributed by atoms with E-state index < -0.39 is 0 Å². The second kappa shape index (κ2) is 5.23. The Hall–Kier alpha value is -2.73. The predicted molar refractivity (Wildman–Crippen MR) is 84.9 cm³/mol. The summed E-state index contributed by atoms with van der Waals surface area (Å²) in [5, 5.41) is 9.89. The zero-order chi connectivity index (χ0) is 14.9. The van der Waals surface area contributed by atoms with Crippen LogP contribution in [0.3, 0.4) is 0 Å². The first-order valence-electron chi connectivity index (χ1n) is 6.67. The molecular formula is C16H11N3O2S. The lowest BCUT2D eigenvalue weighted by molar-refractivity contribution is 0.415. The summed E-state index contributed by atoms with van der Waals surface area (Å²) in [6, 6.07) is 15.3. The van der Waals surface area contributed by atoms with Gasteiger partial charge in [0.15, 0.2) is 5.58 Å². The van der Waals surface area contributed by atoms with Crippen molar-refractivity contribution in [3.05, 3.63) is 48.5 Å². The summed E-state index contributed by atoms with van der Waals surface area (Å²) in [6.45, 7) is 0. The van der Waals surface area contributed by atoms with E-state index in [9.17, 15) is 0 Å². The Kier molecular flexibility index (Phi) is 3.08. The lowest BCUT2D eigenvalue weighted by Crippen LogP contribution is -1.82. The van der Waals surface area contributed by atoms with Crippen LogP contribution in [0.1, 0.15) is 0 Å². The van der Waals surface area contributed by atoms with Crippen molar-refractivity contribution in [2.75, 3.05) is 7.11 Å². The number of aromatic nitrogens is 3. The highest BCUT2D eigenvalue weighted by atomic mass is 32.1. The van der Waals surface area contributed by atoms with Crippen molar-refractivity contribution in [1.29, 1.82) is 0 Å². The molecule has 2 aromatic heterocycles. The van der Waals surface area contributed by atoms with E-state index in [2.05, 4.69) is 15.2 Å². The number of hydrogen-bond donors (Lipinski definition) is 0. The molecule has 0 aliphatic heterocycles. The average Bonchev–Trinajstić information content (AvgIpc) is 3.21. The van der Waals surface area contributed by atoms with Crippen molar-refractivity contribution < 1.29 is 9.15 Å². The summed E-state index contributed by atoms with van der Waals surface area (Å²) in [5.74, 6) is 1.31. The third-order valence-corrected chi connectivity index (χ3v) is 4.20. The lowest BCUT2D eigenvalue weighted by atomic mass is 10.2. The first kappa shape index (κ1) is 13.0. The largest absolute Gasteiger partial charge is 0.497 e. The number of hydrogen-bond acceptors (Lipinski definition) is 6. The molecule has 0 aliphatic carbocycles. The van der Waals surface area contributed by atoms with Gasteiger partial charge in [-0.1, -0.05) is 23.5 Å². The van der Waals surface area contributed by atoms with Crippen LogP contribution in [-0.4, -0.2) is 22.3 Å². The van der Waals surface area contributed by atoms with Gasteiger partial charge >= 0.3 is 0 Å². The molecule has 0 radical (unpaired) electrons. The van der Waals surface area contributed by atoms with Crippen LogP contribution in [0.4, 0.5) is 0 Å². The first-order chi connectivity index (χ1) is 10.8. The fraction of sp³-hybridized carbons (Fsp3) is 0.0625. The minimum atomic E-state index is 0.499. The van der Waals surface area contributed by atoms with Crippen LogP contribution >= 0.6 is 11.3 Å². The van der Waals surface area contributed by atoms with Crippen LogP contribution in [0.2, 0.25) is 0 Å². The fourth-order valence-electron chi connectivity index (χ4n) is 2.12. The van der Waals surface area contributed by atoms with Gasteiger partial charge in [-0.25, -0.2) is 4.98 Å². The fourth-order valence-corrected chi connectivity index (χ4v) is 2.90. The van der Waals surface area contributed by atoms with Crippen LogP contribution in [0.5, 0.6) is 5.75 Å². The van der Waals surface area contributed by atoms with Gasteiger partial charge in [0.2, 0.25) is 5.01 Å². The summed E-state index contributed by atoms with van der Waals surface area (Å²) >= 11 is 1.45. The maximum absolute atomic E-state index is 5.72. The summed E-state index contributed by atoms with van der Waals surface area (Å²) in [7, 11) is 1.64. The highest BCUT2D eigenvalue weighted by Crippen LogP contribution is 2.31. The molecular weight excluding hydrogens is 298 g/mol. The molecule has 0 amide bonds. The molecule has 0 bridgehead atoms. The summed E-state index contributed by atoms with van der Waals surface area (Å²) in [4.78, 5) is 4.44. The zero-order valence-corrected chi connectivity index (χ0v) is 12.5. The van der Waals surface area contributed by atoms with E-state index in [4.69, 9.17) is 9.15 Å². The highest BCUT2D eigenvalue weighted by Gasteiger charge is 2.14. The molecule has 2 heterocycles. The van der Waals surface area contributed by atoms with Gasteiger partial charge in [0.1, 0.15) is 16.3 Å². The Balaban J connectivity index is 1.70. The molecule has 0 unspecified atom stereocenters. The van der Waals surface area contributed by atoms with Gasteiger partial charge in [-0.15, -0.1) is 10.2 Å². The Labute approximate surface area is 130 Å². The molecule has 0 aliphatic rings. The maximum atomic E-state index is 5.72. The van der Waals surface area contributed by atoms with Crippen LogP contribution in [0.25, 0.3) is 32.6 Å². The molecule has 0 N–H and O–H groups in total. The van der Waals surface area contributed by atoms with E-state index in [-0.39, 0.29) is 0 Å². The molecule has 4 aromatic rings. The Morgan fingerprint density at radius 2 is 1.73 bits per heavy atom. The van der Waals surface area contributed by atoms with Gasteiger partial charge in [0.05, 0.1) is 7.11 Å². The van der Waals surface area contributed by atoms with E-state index in [1.165, 1.54) is 11.3 Å². The van der Waals surface area contributed by atoms with Gasteiger partial charge < -0.3 is 9.15 Å². The average molecular weight is 309 g/mol. The minimum Gasteiger partial charge on any atom is -0.497 e. The van der Waals surface area contributed by atoms with E-state index in [0.29, 0.717) is 10.9 Å². The van der Waals surface area contributed by atoms with E-state index >= 15 is 0 Å². The number of benzene rings is 2. The molecule has 4 rings (SSSR count). The van der Waals surface area contributed by atoms with Gasteiger partial charge in [-0.05, 0) is 36.4 Å². The molecule has 0 saturated carbocycles. The Morgan fingerprint density at radius 3 is 2.50 bits per heavy atom. The van der Waals surface area contributed by atoms with Crippen molar-refractivity contribution in [1.82, 2.24) is 15.2 Å². The standard InChI is InChI=1S/C16H11N3O2S/c1-20-11-8-6-10(7-9-11)15-18-19-16(22-15)14-17-12-4-2-3-5-13(12)21-14/h2-9H,1H3. The quantitative estimate of drug-likeness (QED) is 0.572. The molecule has 108 valence electrons. The van der Waals surface area contributed by atoms with Crippen molar-refractivity contribution in [3.63, 3.8) is 0 Å². The van der Waals surface area contributed by atoms with Crippen LogP contribution < -0.4 is 4.74 Å². The molecule has 0 spiro atoms. The highest BCUT2D eigenvalue weighted by molar-refractivity contribution is 7.17. The van der Waals surface area contributed by atoms with Crippen LogP contribution in [0.15, 0.2) is 52.9 Å². The second-order valence-electron chi connectivity index (χ2n) is 4.63. The molecule has 0 fully saturated rings. The number of oxazole rings is 1. The summed E-state index contributed by atoms with van der Waals surface area (Å²) in [5.41, 5.74) is 2.55. The summed E-state index contributed by atoms with van der Waals surface area (Å²) < 4.78 is 10.9. The van der Waals surface area contributed by atoms with Crippen LogP contribution in [-0.2, 0) is 0 Å². The zero-order valence-electron chi connectivity index (χ0n) is 11.7. The smallest absolute Gasteiger partial charge is 0.258 e. The molecule has 2 aromatic carbocycles. The van der Waals surface area contributed by atoms with Gasteiger partial charge in [0, 0.05) is 5.56 Å². The molecule has 0 saturated heterocycles. The number of fused-ring (bicyclic) bond motifs is 1. The van der Waals surface area contributed by atoms with Crippen molar-refractivity contribution >= 4 is 22.4 Å². The first-order valence-corrected chi connectivity index (χ1v) is 7.49. The van der Waals surface area contributed by atoms with E-state index in [1.54, 1.807) is 7.11 Å². The number of ether oxygens (including phenoxy) is 1. The monoisotopic (exact) mass is 309 g/mol. The summed E-state index contributed by atoms with van der Waals surface area (Å²) in [6.07, 6.45) is 0. The minimum absolute atomic E-state index is 0.499. The third kappa shape index (κ3) is 2.23. The predicted octanol–water partition coefficient (Wildman–Crippen LogP) is 4.02. The molecule has 5 nitrogen and oxygen atoms in total. The van der Waals surface area contributed by atoms with Gasteiger partial charge in [0.25, 0.3) is 5.89 Å². The number of nitrogens with zero attached hydrogens (tertiary/aromatic N) is 3. The third-order valence-electron chi connectivity index (χ3n) is 3.24. The molecule has 6 heteroatoms. The number of rotatable bonds is 3. The molecule has 22 heavy (non-hydrogen) atoms. The lowest BCUT2D eigenvalue weighted by Gasteiger charge is -1.99. The normalized spacial score (nSPS) is 11.0. The van der Waals surface area contributed by atoms with Gasteiger partial charge in [-0.3, -0.25) is 0 Å². The topological polar surface area (TPSA) is 61.0 Å². The SMILES string of the molecule is COc1ccc(-c2nnc(-c3nc4ccccc4o3)s2)cc1. The number of para-hydroxylation sites is 2. The van der Waals surface area contributed by atoms with Crippen molar-refractivity contribution in [2.45, 2.75) is 0 Å². The van der Waals surface area contributed by atoms with E-state index in [0.717, 1.165) is 27.4 Å². The Bertz CT molecular complexity index is 895.